The van der Waals surface area contributed by atoms with Crippen molar-refractivity contribution in [3.05, 3.63) is 178 Å². The maximum atomic E-state index is 10.3. The third kappa shape index (κ3) is 3.38. The molecule has 0 spiro atoms. The fourth-order valence-electron chi connectivity index (χ4n) is 7.50. The van der Waals surface area contributed by atoms with E-state index in [1.165, 1.54) is 38.9 Å². The molecule has 0 saturated heterocycles. The molecule has 0 unspecified atom stereocenters. The van der Waals surface area contributed by atoms with Crippen LogP contribution in [-0.2, 0) is 0 Å². The van der Waals surface area contributed by atoms with Crippen molar-refractivity contribution in [1.29, 1.82) is 5.26 Å². The molecule has 3 nitrogen and oxygen atoms in total. The second-order valence-electron chi connectivity index (χ2n) is 11.4. The molecule has 0 amide bonds. The average Bonchev–Trinajstić information content (AvgIpc) is 3.48. The highest BCUT2D eigenvalue weighted by Crippen LogP contribution is 2.58. The van der Waals surface area contributed by atoms with Crippen LogP contribution in [0.15, 0.2) is 140 Å². The summed E-state index contributed by atoms with van der Waals surface area (Å²) in [7, 11) is 0. The normalized spacial score (nSPS) is 15.9. The van der Waals surface area contributed by atoms with Crippen LogP contribution < -0.4 is 0 Å². The smallest absolute Gasteiger partial charge is 0.145 e. The highest BCUT2D eigenvalue weighted by Gasteiger charge is 2.43. The third-order valence-electron chi connectivity index (χ3n) is 9.25. The van der Waals surface area contributed by atoms with E-state index >= 15 is 0 Å². The molecule has 1 heterocycles. The SMILES string of the molecule is N#Cc1ccc(-c2ccc(-n3c(-c4ccccc4)nc4ccccc43)cc2)c2c1C1c3ccccc3C2c2ccccc21. The summed E-state index contributed by atoms with van der Waals surface area (Å²) in [5.41, 5.74) is 15.1. The van der Waals surface area contributed by atoms with Gasteiger partial charge in [-0.15, -0.1) is 0 Å². The zero-order valence-corrected chi connectivity index (χ0v) is 23.3. The summed E-state index contributed by atoms with van der Waals surface area (Å²) >= 11 is 0. The molecule has 0 fully saturated rings. The average molecular weight is 548 g/mol. The summed E-state index contributed by atoms with van der Waals surface area (Å²) in [6, 6.07) is 51.8. The van der Waals surface area contributed by atoms with Crippen LogP contribution in [0.2, 0.25) is 0 Å². The first-order valence-electron chi connectivity index (χ1n) is 14.7. The Kier molecular flexibility index (Phi) is 5.09. The molecule has 3 heteroatoms. The molecule has 200 valence electrons. The summed E-state index contributed by atoms with van der Waals surface area (Å²) in [5.74, 6) is 1.08. The Morgan fingerprint density at radius 3 is 1.77 bits per heavy atom. The van der Waals surface area contributed by atoms with Crippen molar-refractivity contribution in [3.8, 4) is 34.3 Å². The van der Waals surface area contributed by atoms with Gasteiger partial charge in [-0.05, 0) is 74.8 Å². The highest BCUT2D eigenvalue weighted by molar-refractivity contribution is 5.84. The van der Waals surface area contributed by atoms with Crippen molar-refractivity contribution >= 4 is 11.0 Å². The van der Waals surface area contributed by atoms with E-state index in [-0.39, 0.29) is 11.8 Å². The van der Waals surface area contributed by atoms with E-state index in [4.69, 9.17) is 4.98 Å². The molecule has 3 aliphatic carbocycles. The number of rotatable bonds is 3. The lowest BCUT2D eigenvalue weighted by Gasteiger charge is -2.43. The standard InChI is InChI=1S/C40H25N3/c41-24-27-20-23-29(39-36(27)37-30-12-4-6-14-32(30)38(39)33-15-7-5-13-31(33)37)25-18-21-28(22-19-25)43-35-17-9-8-16-34(35)42-40(43)26-10-2-1-3-11-26/h1-23,37-38H. The second-order valence-corrected chi connectivity index (χ2v) is 11.4. The van der Waals surface area contributed by atoms with E-state index in [9.17, 15) is 5.26 Å². The summed E-state index contributed by atoms with van der Waals surface area (Å²) in [6.45, 7) is 0. The van der Waals surface area contributed by atoms with Gasteiger partial charge in [-0.3, -0.25) is 4.57 Å². The van der Waals surface area contributed by atoms with Crippen LogP contribution in [0.4, 0.5) is 0 Å². The lowest BCUT2D eigenvalue weighted by atomic mass is 9.59. The van der Waals surface area contributed by atoms with Gasteiger partial charge in [0.15, 0.2) is 0 Å². The Balaban J connectivity index is 1.23. The molecule has 0 atom stereocenters. The van der Waals surface area contributed by atoms with Gasteiger partial charge in [0.1, 0.15) is 5.82 Å². The largest absolute Gasteiger partial charge is 0.292 e. The van der Waals surface area contributed by atoms with Crippen LogP contribution in [-0.4, -0.2) is 9.55 Å². The first-order chi connectivity index (χ1) is 21.3. The first-order valence-corrected chi connectivity index (χ1v) is 14.7. The number of hydrogen-bond donors (Lipinski definition) is 0. The predicted molar refractivity (Wildman–Crippen MR) is 171 cm³/mol. The molecule has 0 aliphatic heterocycles. The number of imidazole rings is 1. The lowest BCUT2D eigenvalue weighted by Crippen LogP contribution is -2.29. The zero-order valence-electron chi connectivity index (χ0n) is 23.3. The van der Waals surface area contributed by atoms with Gasteiger partial charge in [0.2, 0.25) is 0 Å². The Bertz CT molecular complexity index is 2200. The van der Waals surface area contributed by atoms with Gasteiger partial charge >= 0.3 is 0 Å². The minimum atomic E-state index is 0.0621. The quantitative estimate of drug-likeness (QED) is 0.221. The van der Waals surface area contributed by atoms with Gasteiger partial charge < -0.3 is 0 Å². The molecular weight excluding hydrogens is 522 g/mol. The van der Waals surface area contributed by atoms with Crippen molar-refractivity contribution in [3.63, 3.8) is 0 Å². The van der Waals surface area contributed by atoms with E-state index in [1.807, 2.05) is 18.2 Å². The number of fused-ring (bicyclic) bond motifs is 1. The van der Waals surface area contributed by atoms with Gasteiger partial charge in [0.05, 0.1) is 22.7 Å². The number of nitriles is 1. The second kappa shape index (κ2) is 9.14. The van der Waals surface area contributed by atoms with Gasteiger partial charge in [-0.1, -0.05) is 109 Å². The Hall–Kier alpha value is -5.72. The Labute approximate surface area is 250 Å². The molecule has 10 rings (SSSR count). The third-order valence-corrected chi connectivity index (χ3v) is 9.25. The minimum absolute atomic E-state index is 0.0621. The molecule has 2 bridgehead atoms. The van der Waals surface area contributed by atoms with Crippen molar-refractivity contribution in [2.24, 2.45) is 0 Å². The monoisotopic (exact) mass is 547 g/mol. The Morgan fingerprint density at radius 1 is 0.535 bits per heavy atom. The number of nitrogens with zero attached hydrogens (tertiary/aromatic N) is 3. The molecule has 0 saturated carbocycles. The van der Waals surface area contributed by atoms with Crippen LogP contribution in [0, 0.1) is 11.3 Å². The Morgan fingerprint density at radius 2 is 1.12 bits per heavy atom. The van der Waals surface area contributed by atoms with Gasteiger partial charge in [-0.2, -0.15) is 5.26 Å². The zero-order chi connectivity index (χ0) is 28.5. The summed E-state index contributed by atoms with van der Waals surface area (Å²) in [4.78, 5) is 5.02. The fraction of sp³-hybridized carbons (Fsp3) is 0.0500. The number of hydrogen-bond acceptors (Lipinski definition) is 2. The van der Waals surface area contributed by atoms with Crippen LogP contribution in [0.5, 0.6) is 0 Å². The van der Waals surface area contributed by atoms with E-state index in [2.05, 4.69) is 132 Å². The summed E-state index contributed by atoms with van der Waals surface area (Å²) in [5, 5.41) is 10.3. The topological polar surface area (TPSA) is 41.6 Å². The van der Waals surface area contributed by atoms with Gasteiger partial charge in [0.25, 0.3) is 0 Å². The first kappa shape index (κ1) is 23.9. The molecule has 1 aromatic heterocycles. The van der Waals surface area contributed by atoms with E-state index in [0.717, 1.165) is 39.2 Å². The predicted octanol–water partition coefficient (Wildman–Crippen LogP) is 9.22. The summed E-state index contributed by atoms with van der Waals surface area (Å²) in [6.07, 6.45) is 0. The number of aromatic nitrogens is 2. The maximum absolute atomic E-state index is 10.3. The van der Waals surface area contributed by atoms with Crippen LogP contribution >= 0.6 is 0 Å². The molecule has 6 aromatic carbocycles. The van der Waals surface area contributed by atoms with Crippen LogP contribution in [0.25, 0.3) is 39.2 Å². The number of para-hydroxylation sites is 2. The van der Waals surface area contributed by atoms with Crippen LogP contribution in [0.1, 0.15) is 50.8 Å². The lowest BCUT2D eigenvalue weighted by molar-refractivity contribution is 0.753. The number of benzene rings is 6. The highest BCUT2D eigenvalue weighted by atomic mass is 15.1. The summed E-state index contributed by atoms with van der Waals surface area (Å²) < 4.78 is 2.25. The minimum Gasteiger partial charge on any atom is -0.292 e. The van der Waals surface area contributed by atoms with E-state index < -0.39 is 0 Å². The van der Waals surface area contributed by atoms with Crippen LogP contribution in [0.3, 0.4) is 0 Å². The van der Waals surface area contributed by atoms with E-state index in [0.29, 0.717) is 0 Å². The van der Waals surface area contributed by atoms with Gasteiger partial charge in [-0.25, -0.2) is 4.98 Å². The molecule has 0 radical (unpaired) electrons. The maximum Gasteiger partial charge on any atom is 0.145 e. The molecule has 0 N–H and O–H groups in total. The molecule has 43 heavy (non-hydrogen) atoms. The van der Waals surface area contributed by atoms with Crippen molar-refractivity contribution < 1.29 is 0 Å². The van der Waals surface area contributed by atoms with Crippen molar-refractivity contribution in [2.75, 3.05) is 0 Å². The van der Waals surface area contributed by atoms with Crippen molar-refractivity contribution in [1.82, 2.24) is 9.55 Å². The molecule has 7 aromatic rings. The van der Waals surface area contributed by atoms with Crippen molar-refractivity contribution in [2.45, 2.75) is 11.8 Å². The van der Waals surface area contributed by atoms with E-state index in [1.54, 1.807) is 0 Å². The molecular formula is C40H25N3. The fourth-order valence-corrected chi connectivity index (χ4v) is 7.50. The molecule has 3 aliphatic rings. The van der Waals surface area contributed by atoms with Gasteiger partial charge in [0, 0.05) is 23.1 Å².